The van der Waals surface area contributed by atoms with Gasteiger partial charge < -0.3 is 15.0 Å². The first kappa shape index (κ1) is 33.8. The Morgan fingerprint density at radius 3 is 2.02 bits per heavy atom. The second-order valence-corrected chi connectivity index (χ2v) is 12.9. The molecule has 0 aliphatic heterocycles. The predicted octanol–water partition coefficient (Wildman–Crippen LogP) is 6.36. The number of carbonyl (C=O) groups is 2. The molecule has 0 aromatic heterocycles. The van der Waals surface area contributed by atoms with Gasteiger partial charge in [-0.05, 0) is 60.5 Å². The summed E-state index contributed by atoms with van der Waals surface area (Å²) in [5.74, 6) is -0.472. The molecule has 4 aromatic rings. The van der Waals surface area contributed by atoms with Crippen LogP contribution in [-0.2, 0) is 32.6 Å². The van der Waals surface area contributed by atoms with Crippen LogP contribution in [0.15, 0.2) is 108 Å². The molecule has 1 atom stereocenters. The van der Waals surface area contributed by atoms with Crippen LogP contribution >= 0.6 is 23.2 Å². The van der Waals surface area contributed by atoms with Crippen molar-refractivity contribution in [2.75, 3.05) is 24.5 Å². The number of hydrogen-bond donors (Lipinski definition) is 1. The Hall–Kier alpha value is -4.05. The lowest BCUT2D eigenvalue weighted by Crippen LogP contribution is -2.53. The highest BCUT2D eigenvalue weighted by Crippen LogP contribution is 2.29. The standard InChI is InChI=1S/C34H35Cl2N3O5S/c1-3-21-37-34(41)32(22-25-11-6-4-7-12-25)38(23-29-30(35)15-10-16-31(29)36)33(40)24-39(26-17-19-27(44-2)20-18-26)45(42,43)28-13-8-5-9-14-28/h4-20,32H,3,21-24H2,1-2H3,(H,37,41)/t32-/m1/s1. The van der Waals surface area contributed by atoms with E-state index in [0.717, 1.165) is 9.87 Å². The Kier molecular flexibility index (Phi) is 11.9. The molecule has 0 fully saturated rings. The molecule has 0 unspecified atom stereocenters. The van der Waals surface area contributed by atoms with Gasteiger partial charge in [-0.15, -0.1) is 0 Å². The highest BCUT2D eigenvalue weighted by Gasteiger charge is 2.35. The number of nitrogens with one attached hydrogen (secondary N) is 1. The van der Waals surface area contributed by atoms with Crippen molar-refractivity contribution in [1.29, 1.82) is 0 Å². The van der Waals surface area contributed by atoms with Gasteiger partial charge in [0.15, 0.2) is 0 Å². The van der Waals surface area contributed by atoms with Gasteiger partial charge in [0.05, 0.1) is 17.7 Å². The Morgan fingerprint density at radius 2 is 1.44 bits per heavy atom. The number of methoxy groups -OCH3 is 1. The Bertz CT molecular complexity index is 1670. The second-order valence-electron chi connectivity index (χ2n) is 10.2. The van der Waals surface area contributed by atoms with Crippen LogP contribution < -0.4 is 14.4 Å². The number of nitrogens with zero attached hydrogens (tertiary/aromatic N) is 2. The van der Waals surface area contributed by atoms with Gasteiger partial charge in [0.25, 0.3) is 10.0 Å². The number of rotatable bonds is 14. The summed E-state index contributed by atoms with van der Waals surface area (Å²) in [5, 5.41) is 3.54. The lowest BCUT2D eigenvalue weighted by Gasteiger charge is -2.34. The fourth-order valence-corrected chi connectivity index (χ4v) is 6.72. The SMILES string of the molecule is CCCNC(=O)[C@@H](Cc1ccccc1)N(Cc1c(Cl)cccc1Cl)C(=O)CN(c1ccc(OC)cc1)S(=O)(=O)c1ccccc1. The van der Waals surface area contributed by atoms with Crippen LogP contribution in [0.3, 0.4) is 0 Å². The minimum absolute atomic E-state index is 0.0100. The maximum atomic E-state index is 14.5. The molecule has 8 nitrogen and oxygen atoms in total. The summed E-state index contributed by atoms with van der Waals surface area (Å²) < 4.78 is 34.4. The average Bonchev–Trinajstić information content (AvgIpc) is 3.06. The molecule has 4 rings (SSSR count). The number of sulfonamides is 1. The van der Waals surface area contributed by atoms with E-state index in [-0.39, 0.29) is 29.5 Å². The number of carbonyl (C=O) groups excluding carboxylic acids is 2. The molecule has 0 radical (unpaired) electrons. The van der Waals surface area contributed by atoms with E-state index in [1.165, 1.54) is 24.1 Å². The van der Waals surface area contributed by atoms with Crippen molar-refractivity contribution >= 4 is 50.7 Å². The third-order valence-corrected chi connectivity index (χ3v) is 9.68. The molecule has 0 bridgehead atoms. The molecule has 11 heteroatoms. The molecule has 0 spiro atoms. The maximum absolute atomic E-state index is 14.5. The molecule has 45 heavy (non-hydrogen) atoms. The second kappa shape index (κ2) is 15.8. The zero-order valence-corrected chi connectivity index (χ0v) is 27.4. The molecule has 1 N–H and O–H groups in total. The summed E-state index contributed by atoms with van der Waals surface area (Å²) in [6.07, 6.45) is 0.868. The first-order valence-corrected chi connectivity index (χ1v) is 16.6. The van der Waals surface area contributed by atoms with Crippen LogP contribution in [0.5, 0.6) is 5.75 Å². The summed E-state index contributed by atoms with van der Waals surface area (Å²) in [7, 11) is -2.71. The van der Waals surface area contributed by atoms with Gasteiger partial charge in [-0.1, -0.05) is 84.7 Å². The van der Waals surface area contributed by atoms with Gasteiger partial charge in [-0.25, -0.2) is 8.42 Å². The number of hydrogen-bond acceptors (Lipinski definition) is 5. The van der Waals surface area contributed by atoms with Crippen molar-refractivity contribution in [2.24, 2.45) is 0 Å². The molecule has 4 aromatic carbocycles. The minimum atomic E-state index is -4.22. The van der Waals surface area contributed by atoms with Gasteiger partial charge >= 0.3 is 0 Å². The zero-order chi connectivity index (χ0) is 32.4. The number of halogens is 2. The van der Waals surface area contributed by atoms with Crippen molar-refractivity contribution in [2.45, 2.75) is 37.2 Å². The van der Waals surface area contributed by atoms with Crippen LogP contribution in [0.4, 0.5) is 5.69 Å². The van der Waals surface area contributed by atoms with Crippen LogP contribution in [0.25, 0.3) is 0 Å². The van der Waals surface area contributed by atoms with Crippen molar-refractivity contribution < 1.29 is 22.7 Å². The lowest BCUT2D eigenvalue weighted by atomic mass is 10.0. The van der Waals surface area contributed by atoms with E-state index >= 15 is 0 Å². The third kappa shape index (κ3) is 8.57. The van der Waals surface area contributed by atoms with Gasteiger partial charge in [0, 0.05) is 35.1 Å². The molecule has 0 saturated carbocycles. The molecule has 2 amide bonds. The molecule has 236 valence electrons. The Balaban J connectivity index is 1.82. The summed E-state index contributed by atoms with van der Waals surface area (Å²) in [4.78, 5) is 29.6. The fraction of sp³-hybridized carbons (Fsp3) is 0.235. The normalized spacial score (nSPS) is 11.8. The van der Waals surface area contributed by atoms with Crippen LogP contribution in [0.2, 0.25) is 10.0 Å². The monoisotopic (exact) mass is 667 g/mol. The molecule has 0 aliphatic rings. The zero-order valence-electron chi connectivity index (χ0n) is 25.0. The molecular formula is C34H35Cl2N3O5S. The molecule has 0 heterocycles. The average molecular weight is 669 g/mol. The summed E-state index contributed by atoms with van der Waals surface area (Å²) in [6.45, 7) is 1.60. The van der Waals surface area contributed by atoms with E-state index in [4.69, 9.17) is 27.9 Å². The fourth-order valence-electron chi connectivity index (χ4n) is 4.77. The topological polar surface area (TPSA) is 96.0 Å². The van der Waals surface area contributed by atoms with E-state index in [0.29, 0.717) is 34.3 Å². The Labute approximate surface area is 274 Å². The number of benzene rings is 4. The van der Waals surface area contributed by atoms with E-state index < -0.39 is 28.5 Å². The quantitative estimate of drug-likeness (QED) is 0.169. The summed E-state index contributed by atoms with van der Waals surface area (Å²) in [5.41, 5.74) is 1.51. The van der Waals surface area contributed by atoms with Gasteiger partial charge in [0.2, 0.25) is 11.8 Å². The van der Waals surface area contributed by atoms with Crippen LogP contribution in [0.1, 0.15) is 24.5 Å². The minimum Gasteiger partial charge on any atom is -0.497 e. The predicted molar refractivity (Wildman–Crippen MR) is 178 cm³/mol. The molecular weight excluding hydrogens is 633 g/mol. The van der Waals surface area contributed by atoms with E-state index in [2.05, 4.69) is 5.32 Å². The van der Waals surface area contributed by atoms with Gasteiger partial charge in [0.1, 0.15) is 18.3 Å². The van der Waals surface area contributed by atoms with Crippen molar-refractivity contribution in [3.8, 4) is 5.75 Å². The summed E-state index contributed by atoms with van der Waals surface area (Å²) >= 11 is 13.1. The highest BCUT2D eigenvalue weighted by molar-refractivity contribution is 7.92. The first-order valence-electron chi connectivity index (χ1n) is 14.4. The smallest absolute Gasteiger partial charge is 0.264 e. The summed E-state index contributed by atoms with van der Waals surface area (Å²) in [6, 6.07) is 27.5. The van der Waals surface area contributed by atoms with E-state index in [1.807, 2.05) is 37.3 Å². The Morgan fingerprint density at radius 1 is 0.844 bits per heavy atom. The van der Waals surface area contributed by atoms with Crippen molar-refractivity contribution in [1.82, 2.24) is 10.2 Å². The molecule has 0 aliphatic carbocycles. The third-order valence-electron chi connectivity index (χ3n) is 7.18. The number of amides is 2. The first-order chi connectivity index (χ1) is 21.6. The number of anilines is 1. The molecule has 0 saturated heterocycles. The lowest BCUT2D eigenvalue weighted by molar-refractivity contribution is -0.140. The van der Waals surface area contributed by atoms with Gasteiger partial charge in [-0.2, -0.15) is 0 Å². The van der Waals surface area contributed by atoms with Gasteiger partial charge in [-0.3, -0.25) is 13.9 Å². The van der Waals surface area contributed by atoms with Crippen molar-refractivity contribution in [3.63, 3.8) is 0 Å². The van der Waals surface area contributed by atoms with Crippen LogP contribution in [0, 0.1) is 0 Å². The van der Waals surface area contributed by atoms with Crippen LogP contribution in [-0.4, -0.2) is 51.4 Å². The highest BCUT2D eigenvalue weighted by atomic mass is 35.5. The largest absolute Gasteiger partial charge is 0.497 e. The maximum Gasteiger partial charge on any atom is 0.264 e. The number of ether oxygens (including phenoxy) is 1. The van der Waals surface area contributed by atoms with Crippen molar-refractivity contribution in [3.05, 3.63) is 124 Å². The van der Waals surface area contributed by atoms with E-state index in [9.17, 15) is 18.0 Å². The van der Waals surface area contributed by atoms with E-state index in [1.54, 1.807) is 60.7 Å².